The van der Waals surface area contributed by atoms with E-state index >= 15 is 0 Å². The number of carbonyl (C=O) groups is 2. The molecule has 7 heteroatoms. The molecule has 3 aromatic rings. The molecule has 39 heavy (non-hydrogen) atoms. The molecule has 4 atom stereocenters. The number of hydrogen-bond acceptors (Lipinski definition) is 4. The van der Waals surface area contributed by atoms with Crippen molar-refractivity contribution in [2.24, 2.45) is 5.92 Å². The van der Waals surface area contributed by atoms with Crippen LogP contribution in [-0.4, -0.2) is 65.7 Å². The second-order valence-electron chi connectivity index (χ2n) is 10.5. The first-order valence-corrected chi connectivity index (χ1v) is 13.6. The summed E-state index contributed by atoms with van der Waals surface area (Å²) in [6.07, 6.45) is -0.344. The third-order valence-electron chi connectivity index (χ3n) is 7.53. The Kier molecular flexibility index (Phi) is 9.38. The van der Waals surface area contributed by atoms with E-state index in [1.54, 1.807) is 16.8 Å². The maximum atomic E-state index is 13.9. The van der Waals surface area contributed by atoms with E-state index in [0.29, 0.717) is 25.3 Å². The van der Waals surface area contributed by atoms with Crippen molar-refractivity contribution < 1.29 is 19.4 Å². The number of urea groups is 1. The Balaban J connectivity index is 1.61. The fourth-order valence-electron chi connectivity index (χ4n) is 5.02. The van der Waals surface area contributed by atoms with Crippen LogP contribution in [0.2, 0.25) is 0 Å². The first-order valence-electron chi connectivity index (χ1n) is 13.6. The van der Waals surface area contributed by atoms with Crippen molar-refractivity contribution in [1.29, 1.82) is 0 Å². The average molecular weight is 530 g/mol. The highest BCUT2D eigenvalue weighted by Crippen LogP contribution is 2.31. The zero-order valence-electron chi connectivity index (χ0n) is 23.2. The maximum Gasteiger partial charge on any atom is 0.317 e. The topological polar surface area (TPSA) is 82.1 Å². The van der Waals surface area contributed by atoms with Gasteiger partial charge in [-0.3, -0.25) is 4.79 Å². The summed E-state index contributed by atoms with van der Waals surface area (Å²) in [6, 6.07) is 24.7. The summed E-state index contributed by atoms with van der Waals surface area (Å²) in [4.78, 5) is 30.4. The fraction of sp³-hybridized carbons (Fsp3) is 0.375. The number of nitrogens with one attached hydrogen (secondary N) is 1. The summed E-state index contributed by atoms with van der Waals surface area (Å²) in [5.41, 5.74) is 4.39. The molecule has 0 saturated carbocycles. The number of aliphatic hydroxyl groups is 1. The van der Waals surface area contributed by atoms with Crippen molar-refractivity contribution in [1.82, 2.24) is 15.1 Å². The molecule has 1 aliphatic rings. The number of aliphatic hydroxyl groups excluding tert-OH is 1. The molecule has 1 heterocycles. The summed E-state index contributed by atoms with van der Waals surface area (Å²) in [5, 5.41) is 13.1. The second-order valence-corrected chi connectivity index (χ2v) is 10.5. The third-order valence-corrected chi connectivity index (χ3v) is 7.53. The molecule has 206 valence electrons. The van der Waals surface area contributed by atoms with Crippen LogP contribution in [0.1, 0.15) is 48.3 Å². The van der Waals surface area contributed by atoms with Gasteiger partial charge in [-0.15, -0.1) is 0 Å². The molecule has 2 N–H and O–H groups in total. The minimum Gasteiger partial charge on any atom is -0.394 e. The van der Waals surface area contributed by atoms with E-state index in [2.05, 4.69) is 5.32 Å². The molecule has 0 saturated heterocycles. The lowest BCUT2D eigenvalue weighted by atomic mass is 9.94. The van der Waals surface area contributed by atoms with Crippen LogP contribution in [0, 0.1) is 5.92 Å². The Morgan fingerprint density at radius 3 is 2.31 bits per heavy atom. The van der Waals surface area contributed by atoms with Gasteiger partial charge in [-0.2, -0.15) is 0 Å². The molecule has 0 unspecified atom stereocenters. The number of amides is 3. The zero-order chi connectivity index (χ0) is 27.9. The van der Waals surface area contributed by atoms with Gasteiger partial charge in [0.1, 0.15) is 0 Å². The molecule has 0 fully saturated rings. The van der Waals surface area contributed by atoms with Crippen LogP contribution in [0.25, 0.3) is 11.1 Å². The summed E-state index contributed by atoms with van der Waals surface area (Å²) >= 11 is 0. The number of likely N-dealkylation sites (N-methyl/N-ethyl adjacent to an activating group) is 1. The number of fused-ring (bicyclic) bond motifs is 3. The third kappa shape index (κ3) is 6.67. The molecule has 3 amide bonds. The molecular formula is C32H39N3O4. The summed E-state index contributed by atoms with van der Waals surface area (Å²) in [6.45, 7) is 6.76. The lowest BCUT2D eigenvalue weighted by molar-refractivity contribution is -0.0185. The van der Waals surface area contributed by atoms with Gasteiger partial charge in [-0.1, -0.05) is 79.7 Å². The van der Waals surface area contributed by atoms with Crippen molar-refractivity contribution in [3.05, 3.63) is 95.6 Å². The normalized spacial score (nSPS) is 19.2. The number of benzene rings is 3. The fourth-order valence-corrected chi connectivity index (χ4v) is 5.02. The maximum absolute atomic E-state index is 13.9. The highest BCUT2D eigenvalue weighted by Gasteiger charge is 2.31. The molecule has 0 spiro atoms. The van der Waals surface area contributed by atoms with Crippen LogP contribution in [-0.2, 0) is 11.3 Å². The van der Waals surface area contributed by atoms with Crippen LogP contribution in [0.3, 0.4) is 0 Å². The number of rotatable bonds is 6. The van der Waals surface area contributed by atoms with Gasteiger partial charge in [0.05, 0.1) is 31.4 Å². The predicted octanol–water partition coefficient (Wildman–Crippen LogP) is 5.11. The van der Waals surface area contributed by atoms with Gasteiger partial charge in [0.2, 0.25) is 0 Å². The Bertz CT molecular complexity index is 1270. The number of nitrogens with zero attached hydrogens (tertiary/aromatic N) is 2. The minimum absolute atomic E-state index is 0.109. The quantitative estimate of drug-likeness (QED) is 0.465. The standard InChI is InChI=1S/C32H39N3O4/c1-22-18-35(23(2)20-36)31(37)29-17-11-10-16-28(29)27-15-9-8-14-26(27)21-39-30(22)19-34(4)32(38)33-24(3)25-12-6-5-7-13-25/h5-17,22-24,30,36H,18-21H2,1-4H3,(H,33,38)/t22-,23-,24-,30-/m1/s1. The first-order chi connectivity index (χ1) is 18.8. The molecule has 4 rings (SSSR count). The Labute approximate surface area is 231 Å². The molecule has 0 radical (unpaired) electrons. The predicted molar refractivity (Wildman–Crippen MR) is 153 cm³/mol. The van der Waals surface area contributed by atoms with Crippen molar-refractivity contribution >= 4 is 11.9 Å². The number of hydrogen-bond donors (Lipinski definition) is 2. The average Bonchev–Trinajstić information content (AvgIpc) is 2.98. The Morgan fingerprint density at radius 1 is 1.00 bits per heavy atom. The molecule has 0 bridgehead atoms. The summed E-state index contributed by atoms with van der Waals surface area (Å²) in [7, 11) is 1.76. The Morgan fingerprint density at radius 2 is 1.62 bits per heavy atom. The molecular weight excluding hydrogens is 490 g/mol. The van der Waals surface area contributed by atoms with Gasteiger partial charge >= 0.3 is 6.03 Å². The van der Waals surface area contributed by atoms with E-state index in [9.17, 15) is 14.7 Å². The lowest BCUT2D eigenvalue weighted by Crippen LogP contribution is -2.49. The van der Waals surface area contributed by atoms with Gasteiger partial charge < -0.3 is 25.0 Å². The smallest absolute Gasteiger partial charge is 0.317 e. The van der Waals surface area contributed by atoms with Crippen molar-refractivity contribution in [2.75, 3.05) is 26.7 Å². The van der Waals surface area contributed by atoms with Gasteiger partial charge in [-0.25, -0.2) is 4.79 Å². The van der Waals surface area contributed by atoms with Crippen molar-refractivity contribution in [2.45, 2.75) is 45.6 Å². The highest BCUT2D eigenvalue weighted by molar-refractivity contribution is 6.01. The van der Waals surface area contributed by atoms with Crippen molar-refractivity contribution in [3.63, 3.8) is 0 Å². The van der Waals surface area contributed by atoms with Gasteiger partial charge in [-0.05, 0) is 42.2 Å². The second kappa shape index (κ2) is 12.9. The zero-order valence-corrected chi connectivity index (χ0v) is 23.2. The molecule has 0 aromatic heterocycles. The lowest BCUT2D eigenvalue weighted by Gasteiger charge is -2.35. The van der Waals surface area contributed by atoms with E-state index in [0.717, 1.165) is 22.3 Å². The van der Waals surface area contributed by atoms with E-state index in [-0.39, 0.29) is 42.7 Å². The monoisotopic (exact) mass is 529 g/mol. The van der Waals surface area contributed by atoms with Crippen molar-refractivity contribution in [3.8, 4) is 11.1 Å². The van der Waals surface area contributed by atoms with Crippen LogP contribution < -0.4 is 5.32 Å². The minimum atomic E-state index is -0.377. The van der Waals surface area contributed by atoms with Gasteiger partial charge in [0, 0.05) is 31.6 Å². The number of carbonyl (C=O) groups excluding carboxylic acids is 2. The molecule has 3 aromatic carbocycles. The van der Waals surface area contributed by atoms with Crippen LogP contribution in [0.15, 0.2) is 78.9 Å². The SMILES string of the molecule is C[C@@H]1CN([C@H](C)CO)C(=O)c2ccccc2-c2ccccc2CO[C@@H]1CN(C)C(=O)N[C@H](C)c1ccccc1. The van der Waals surface area contributed by atoms with Crippen LogP contribution in [0.5, 0.6) is 0 Å². The highest BCUT2D eigenvalue weighted by atomic mass is 16.5. The first kappa shape index (κ1) is 28.3. The molecule has 1 aliphatic heterocycles. The van der Waals surface area contributed by atoms with Crippen LogP contribution in [0.4, 0.5) is 4.79 Å². The van der Waals surface area contributed by atoms with E-state index < -0.39 is 0 Å². The van der Waals surface area contributed by atoms with E-state index in [4.69, 9.17) is 4.74 Å². The van der Waals surface area contributed by atoms with Crippen LogP contribution >= 0.6 is 0 Å². The van der Waals surface area contributed by atoms with Gasteiger partial charge in [0.15, 0.2) is 0 Å². The Hall–Kier alpha value is -3.68. The molecule has 0 aliphatic carbocycles. The summed E-state index contributed by atoms with van der Waals surface area (Å²) < 4.78 is 6.51. The van der Waals surface area contributed by atoms with E-state index in [1.807, 2.05) is 99.6 Å². The number of ether oxygens (including phenoxy) is 1. The van der Waals surface area contributed by atoms with E-state index in [1.165, 1.54) is 0 Å². The molecule has 7 nitrogen and oxygen atoms in total. The summed E-state index contributed by atoms with van der Waals surface area (Å²) in [5.74, 6) is -0.237. The van der Waals surface area contributed by atoms with Gasteiger partial charge in [0.25, 0.3) is 5.91 Å². The largest absolute Gasteiger partial charge is 0.394 e.